The highest BCUT2D eigenvalue weighted by atomic mass is 35.5. The van der Waals surface area contributed by atoms with E-state index in [4.69, 9.17) is 16.3 Å². The zero-order valence-electron chi connectivity index (χ0n) is 15.5. The van der Waals surface area contributed by atoms with Crippen molar-refractivity contribution >= 4 is 35.0 Å². The van der Waals surface area contributed by atoms with E-state index in [1.165, 1.54) is 0 Å². The fraction of sp³-hybridized carbons (Fsp3) is 0.286. The minimum atomic E-state index is -0.598. The Hall–Kier alpha value is -3.06. The zero-order valence-corrected chi connectivity index (χ0v) is 16.2. The van der Waals surface area contributed by atoms with Gasteiger partial charge in [0.25, 0.3) is 5.91 Å². The van der Waals surface area contributed by atoms with Gasteiger partial charge >= 0.3 is 0 Å². The molecule has 0 radical (unpaired) electrons. The molecule has 1 N–H and O–H groups in total. The Labute approximate surface area is 172 Å². The third-order valence-electron chi connectivity index (χ3n) is 5.60. The minimum absolute atomic E-state index is 0.162. The number of carbonyl (C=O) groups excluding carboxylic acids is 3. The summed E-state index contributed by atoms with van der Waals surface area (Å²) in [6.07, 6.45) is 0.613. The molecule has 1 saturated heterocycles. The summed E-state index contributed by atoms with van der Waals surface area (Å²) in [5.74, 6) is -0.0809. The molecule has 3 aliphatic heterocycles. The Balaban J connectivity index is 1.34. The molecule has 7 nitrogen and oxygen atoms in total. The first kappa shape index (κ1) is 18.0. The number of hydrogen-bond donors (Lipinski definition) is 1. The van der Waals surface area contributed by atoms with Crippen LogP contribution in [0.4, 0.5) is 5.69 Å². The number of rotatable bonds is 3. The highest BCUT2D eigenvalue weighted by Crippen LogP contribution is 2.37. The van der Waals surface area contributed by atoms with Gasteiger partial charge in [-0.15, -0.1) is 0 Å². The second kappa shape index (κ2) is 6.77. The van der Waals surface area contributed by atoms with Crippen molar-refractivity contribution in [3.8, 4) is 5.75 Å². The Morgan fingerprint density at radius 1 is 1.14 bits per heavy atom. The van der Waals surface area contributed by atoms with Crippen molar-refractivity contribution in [2.45, 2.75) is 32.0 Å². The molecular weight excluding hydrogens is 394 g/mol. The maximum Gasteiger partial charge on any atom is 0.255 e. The maximum atomic E-state index is 12.8. The topological polar surface area (TPSA) is 79.0 Å². The molecule has 3 aliphatic rings. The number of piperidine rings is 1. The van der Waals surface area contributed by atoms with Crippen LogP contribution in [0.2, 0.25) is 5.02 Å². The molecule has 0 bridgehead atoms. The van der Waals surface area contributed by atoms with Gasteiger partial charge in [-0.1, -0.05) is 23.7 Å². The van der Waals surface area contributed by atoms with Crippen LogP contribution in [-0.2, 0) is 22.7 Å². The van der Waals surface area contributed by atoms with Crippen LogP contribution in [0.15, 0.2) is 36.4 Å². The van der Waals surface area contributed by atoms with E-state index >= 15 is 0 Å². The van der Waals surface area contributed by atoms with Gasteiger partial charge in [-0.25, -0.2) is 0 Å². The number of nitrogens with zero attached hydrogens (tertiary/aromatic N) is 2. The average molecular weight is 412 g/mol. The second-order valence-corrected chi connectivity index (χ2v) is 7.91. The third-order valence-corrected chi connectivity index (χ3v) is 5.83. The quantitative estimate of drug-likeness (QED) is 0.785. The van der Waals surface area contributed by atoms with Gasteiger partial charge in [0.1, 0.15) is 11.8 Å². The molecule has 1 atom stereocenters. The molecule has 3 amide bonds. The summed E-state index contributed by atoms with van der Waals surface area (Å²) in [4.78, 5) is 40.0. The predicted molar refractivity (Wildman–Crippen MR) is 106 cm³/mol. The normalized spacial score (nSPS) is 20.4. The molecule has 3 heterocycles. The molecule has 8 heteroatoms. The van der Waals surface area contributed by atoms with Crippen molar-refractivity contribution in [2.75, 3.05) is 11.6 Å². The number of benzene rings is 2. The van der Waals surface area contributed by atoms with E-state index in [1.807, 2.05) is 30.3 Å². The van der Waals surface area contributed by atoms with Crippen LogP contribution < -0.4 is 15.0 Å². The van der Waals surface area contributed by atoms with E-state index in [0.29, 0.717) is 36.8 Å². The lowest BCUT2D eigenvalue weighted by molar-refractivity contribution is -0.136. The molecule has 5 rings (SSSR count). The Morgan fingerprint density at radius 2 is 2.00 bits per heavy atom. The van der Waals surface area contributed by atoms with Crippen molar-refractivity contribution in [1.29, 1.82) is 0 Å². The number of hydrogen-bond acceptors (Lipinski definition) is 5. The predicted octanol–water partition coefficient (Wildman–Crippen LogP) is 2.46. The van der Waals surface area contributed by atoms with Gasteiger partial charge in [-0.3, -0.25) is 19.7 Å². The van der Waals surface area contributed by atoms with E-state index in [0.717, 1.165) is 22.6 Å². The molecule has 29 heavy (non-hydrogen) atoms. The number of fused-ring (bicyclic) bond motifs is 2. The lowest BCUT2D eigenvalue weighted by Gasteiger charge is -2.29. The maximum absolute atomic E-state index is 12.8. The molecule has 148 valence electrons. The summed E-state index contributed by atoms with van der Waals surface area (Å²) in [7, 11) is 0. The van der Waals surface area contributed by atoms with E-state index in [9.17, 15) is 14.4 Å². The monoisotopic (exact) mass is 411 g/mol. The Morgan fingerprint density at radius 3 is 2.83 bits per heavy atom. The van der Waals surface area contributed by atoms with Crippen LogP contribution >= 0.6 is 11.6 Å². The van der Waals surface area contributed by atoms with Gasteiger partial charge in [0.2, 0.25) is 11.8 Å². The number of nitrogens with one attached hydrogen (secondary N) is 1. The van der Waals surface area contributed by atoms with E-state index in [-0.39, 0.29) is 18.2 Å². The summed E-state index contributed by atoms with van der Waals surface area (Å²) in [6, 6.07) is 10.7. The van der Waals surface area contributed by atoms with Gasteiger partial charge in [0.05, 0.1) is 5.69 Å². The number of ether oxygens (including phenoxy) is 1. The van der Waals surface area contributed by atoms with Crippen LogP contribution in [-0.4, -0.2) is 35.4 Å². The van der Waals surface area contributed by atoms with Crippen LogP contribution in [0.3, 0.4) is 0 Å². The van der Waals surface area contributed by atoms with Crippen LogP contribution in [0.1, 0.15) is 34.3 Å². The summed E-state index contributed by atoms with van der Waals surface area (Å²) in [6.45, 7) is 1.44. The van der Waals surface area contributed by atoms with Crippen molar-refractivity contribution in [3.05, 3.63) is 58.1 Å². The van der Waals surface area contributed by atoms with Gasteiger partial charge in [0.15, 0.2) is 6.73 Å². The van der Waals surface area contributed by atoms with Crippen molar-refractivity contribution < 1.29 is 19.1 Å². The molecule has 0 aliphatic carbocycles. The molecule has 1 unspecified atom stereocenters. The van der Waals surface area contributed by atoms with Gasteiger partial charge in [-0.2, -0.15) is 0 Å². The van der Waals surface area contributed by atoms with Crippen LogP contribution in [0, 0.1) is 0 Å². The summed E-state index contributed by atoms with van der Waals surface area (Å²) >= 11 is 6.02. The molecule has 0 spiro atoms. The number of anilines is 1. The lowest BCUT2D eigenvalue weighted by Crippen LogP contribution is -2.52. The second-order valence-electron chi connectivity index (χ2n) is 7.47. The fourth-order valence-electron chi connectivity index (χ4n) is 4.16. The largest absolute Gasteiger partial charge is 0.471 e. The average Bonchev–Trinajstić information content (AvgIpc) is 3.22. The number of halogens is 1. The van der Waals surface area contributed by atoms with Crippen molar-refractivity contribution in [1.82, 2.24) is 10.2 Å². The number of imide groups is 1. The first-order valence-electron chi connectivity index (χ1n) is 9.43. The summed E-state index contributed by atoms with van der Waals surface area (Å²) in [5, 5.41) is 2.96. The van der Waals surface area contributed by atoms with E-state index in [1.54, 1.807) is 11.0 Å². The van der Waals surface area contributed by atoms with Gasteiger partial charge < -0.3 is 14.5 Å². The Kier molecular flexibility index (Phi) is 4.20. The summed E-state index contributed by atoms with van der Waals surface area (Å²) < 4.78 is 5.70. The lowest BCUT2D eigenvalue weighted by atomic mass is 10.0. The van der Waals surface area contributed by atoms with E-state index in [2.05, 4.69) is 10.2 Å². The minimum Gasteiger partial charge on any atom is -0.471 e. The molecular formula is C21H18ClN3O4. The van der Waals surface area contributed by atoms with Crippen LogP contribution in [0.5, 0.6) is 5.75 Å². The zero-order chi connectivity index (χ0) is 20.1. The third kappa shape index (κ3) is 3.11. The first-order valence-corrected chi connectivity index (χ1v) is 9.81. The molecule has 2 aromatic carbocycles. The van der Waals surface area contributed by atoms with Gasteiger partial charge in [-0.05, 0) is 35.7 Å². The Bertz CT molecular complexity index is 1050. The van der Waals surface area contributed by atoms with Crippen molar-refractivity contribution in [2.24, 2.45) is 0 Å². The first-order chi connectivity index (χ1) is 14.0. The standard InChI is InChI=1S/C21H18ClN3O4/c22-14-2-4-16-18(8-14)29-11-24(16)9-12-1-3-15-13(7-12)10-25(21(15)28)17-5-6-19(26)23-20(17)27/h1-4,7-8,17H,5-6,9-11H2,(H,23,26,27). The SMILES string of the molecule is O=C1CCC(N2Cc3cc(CN4COc5cc(Cl)ccc54)ccc3C2=O)C(=O)N1. The van der Waals surface area contributed by atoms with E-state index < -0.39 is 11.9 Å². The molecule has 2 aromatic rings. The molecule has 0 saturated carbocycles. The number of carbonyl (C=O) groups is 3. The van der Waals surface area contributed by atoms with Crippen LogP contribution in [0.25, 0.3) is 0 Å². The molecule has 0 aromatic heterocycles. The summed E-state index contributed by atoms with van der Waals surface area (Å²) in [5.41, 5.74) is 3.54. The van der Waals surface area contributed by atoms with Crippen molar-refractivity contribution in [3.63, 3.8) is 0 Å². The molecule has 1 fully saturated rings. The fourth-order valence-corrected chi connectivity index (χ4v) is 4.32. The highest BCUT2D eigenvalue weighted by molar-refractivity contribution is 6.30. The number of amides is 3. The smallest absolute Gasteiger partial charge is 0.255 e. The highest BCUT2D eigenvalue weighted by Gasteiger charge is 2.39. The van der Waals surface area contributed by atoms with Gasteiger partial charge in [0, 0.05) is 36.2 Å².